The Morgan fingerprint density at radius 2 is 1.70 bits per heavy atom. The Labute approximate surface area is 171 Å². The molecular weight excluding hydrogens is 401 g/mol. The number of carbonyl (C=O) groups is 1. The van der Waals surface area contributed by atoms with Gasteiger partial charge in [0.2, 0.25) is 0 Å². The van der Waals surface area contributed by atoms with Crippen LogP contribution in [0.3, 0.4) is 0 Å². The number of carboxylic acid groups (broad SMARTS) is 1. The smallest absolute Gasteiger partial charge is 0.416 e. The van der Waals surface area contributed by atoms with Crippen molar-refractivity contribution in [2.75, 3.05) is 7.11 Å². The first-order chi connectivity index (χ1) is 14.0. The zero-order valence-electron chi connectivity index (χ0n) is 16.8. The topological polar surface area (TPSA) is 94.1 Å². The summed E-state index contributed by atoms with van der Waals surface area (Å²) in [7, 11) is 1.20. The summed E-state index contributed by atoms with van der Waals surface area (Å²) in [5, 5.41) is 13.1. The first-order valence-electron chi connectivity index (χ1n) is 8.73. The van der Waals surface area contributed by atoms with Crippen LogP contribution in [0.15, 0.2) is 41.6 Å². The van der Waals surface area contributed by atoms with Gasteiger partial charge in [0, 0.05) is 16.7 Å². The number of carboxylic acids is 1. The van der Waals surface area contributed by atoms with Crippen molar-refractivity contribution < 1.29 is 32.7 Å². The molecular formula is C21H21F3N2O4. The van der Waals surface area contributed by atoms with Crippen LogP contribution < -0.4 is 5.90 Å². The monoisotopic (exact) mass is 422 g/mol. The molecule has 0 aromatic heterocycles. The maximum Gasteiger partial charge on any atom is 0.416 e. The first kappa shape index (κ1) is 23.0. The summed E-state index contributed by atoms with van der Waals surface area (Å²) in [5.41, 5.74) is 1.25. The molecule has 3 N–H and O–H groups in total. The van der Waals surface area contributed by atoms with Gasteiger partial charge >= 0.3 is 12.1 Å². The highest BCUT2D eigenvalue weighted by Gasteiger charge is 2.31. The lowest BCUT2D eigenvalue weighted by atomic mass is 9.92. The highest BCUT2D eigenvalue weighted by molar-refractivity contribution is 6.43. The molecule has 0 saturated carbocycles. The third-order valence-corrected chi connectivity index (χ3v) is 4.60. The second kappa shape index (κ2) is 9.00. The number of benzene rings is 2. The maximum atomic E-state index is 13.1. The molecule has 0 fully saturated rings. The molecule has 0 spiro atoms. The number of hydrogen-bond donors (Lipinski definition) is 2. The van der Waals surface area contributed by atoms with Crippen molar-refractivity contribution in [1.29, 1.82) is 0 Å². The van der Waals surface area contributed by atoms with E-state index in [4.69, 9.17) is 10.7 Å². The maximum absolute atomic E-state index is 13.1. The van der Waals surface area contributed by atoms with Gasteiger partial charge in [-0.15, -0.1) is 0 Å². The number of oxime groups is 1. The van der Waals surface area contributed by atoms with E-state index in [1.165, 1.54) is 26.2 Å². The summed E-state index contributed by atoms with van der Waals surface area (Å²) in [5.74, 6) is 4.13. The molecule has 0 aliphatic heterocycles. The molecule has 160 valence electrons. The number of alkyl halides is 3. The third-order valence-electron chi connectivity index (χ3n) is 4.60. The normalized spacial score (nSPS) is 13.0. The Kier molecular flexibility index (Phi) is 6.88. The fourth-order valence-corrected chi connectivity index (χ4v) is 2.91. The number of hydrogen-bond acceptors (Lipinski definition) is 5. The summed E-state index contributed by atoms with van der Waals surface area (Å²) in [6.45, 7) is 5.11. The molecule has 0 amide bonds. The summed E-state index contributed by atoms with van der Waals surface area (Å²) >= 11 is 0. The standard InChI is InChI=1S/C21H21F3N2O4/c1-11-8-16(18(20(27)28)26-29-4)17(9-12(11)2)19(30-25)13(3)14-6-5-7-15(10-14)21(22,23)24/h5-10H,25H2,1-4H3,(H,27,28). The number of halogens is 3. The lowest BCUT2D eigenvalue weighted by Gasteiger charge is -2.17. The SMILES string of the molecule is CON=C(C(=O)O)c1cc(C)c(C)cc1C(ON)=C(C)c1cccc(C(F)(F)F)c1. The highest BCUT2D eigenvalue weighted by atomic mass is 19.4. The first-order valence-corrected chi connectivity index (χ1v) is 8.73. The number of rotatable bonds is 6. The van der Waals surface area contributed by atoms with Crippen LogP contribution in [0.2, 0.25) is 0 Å². The molecule has 2 rings (SSSR count). The van der Waals surface area contributed by atoms with Crippen LogP contribution in [-0.2, 0) is 20.6 Å². The molecule has 0 saturated heterocycles. The van der Waals surface area contributed by atoms with E-state index in [1.807, 2.05) is 0 Å². The minimum Gasteiger partial charge on any atom is -0.476 e. The van der Waals surface area contributed by atoms with Gasteiger partial charge in [-0.3, -0.25) is 0 Å². The summed E-state index contributed by atoms with van der Waals surface area (Å²) in [4.78, 5) is 21.4. The Morgan fingerprint density at radius 1 is 1.10 bits per heavy atom. The van der Waals surface area contributed by atoms with Crippen LogP contribution in [0.1, 0.15) is 40.3 Å². The molecule has 9 heteroatoms. The number of allylic oxidation sites excluding steroid dienone is 1. The van der Waals surface area contributed by atoms with E-state index in [1.54, 1.807) is 26.0 Å². The summed E-state index contributed by atoms with van der Waals surface area (Å²) < 4.78 is 39.3. The quantitative estimate of drug-likeness (QED) is 0.309. The van der Waals surface area contributed by atoms with Crippen molar-refractivity contribution in [3.05, 3.63) is 69.8 Å². The molecule has 0 unspecified atom stereocenters. The highest BCUT2D eigenvalue weighted by Crippen LogP contribution is 2.34. The van der Waals surface area contributed by atoms with Crippen LogP contribution in [-0.4, -0.2) is 23.9 Å². The molecule has 2 aromatic rings. The lowest BCUT2D eigenvalue weighted by Crippen LogP contribution is -2.18. The van der Waals surface area contributed by atoms with E-state index in [2.05, 4.69) is 9.99 Å². The van der Waals surface area contributed by atoms with Gasteiger partial charge in [-0.25, -0.2) is 4.79 Å². The average molecular weight is 422 g/mol. The Balaban J connectivity index is 2.81. The molecule has 2 aromatic carbocycles. The molecule has 0 aliphatic carbocycles. The molecule has 0 heterocycles. The van der Waals surface area contributed by atoms with E-state index < -0.39 is 23.4 Å². The van der Waals surface area contributed by atoms with Gasteiger partial charge in [0.25, 0.3) is 0 Å². The zero-order valence-corrected chi connectivity index (χ0v) is 16.8. The van der Waals surface area contributed by atoms with Crippen molar-refractivity contribution >= 4 is 23.0 Å². The predicted octanol–water partition coefficient (Wildman–Crippen LogP) is 4.54. The van der Waals surface area contributed by atoms with Crippen LogP contribution in [0.4, 0.5) is 13.2 Å². The molecule has 0 atom stereocenters. The summed E-state index contributed by atoms with van der Waals surface area (Å²) in [6.07, 6.45) is -4.52. The van der Waals surface area contributed by atoms with E-state index in [0.29, 0.717) is 0 Å². The molecule has 0 bridgehead atoms. The van der Waals surface area contributed by atoms with Gasteiger partial charge in [0.1, 0.15) is 7.11 Å². The number of aryl methyl sites for hydroxylation is 2. The van der Waals surface area contributed by atoms with Crippen LogP contribution >= 0.6 is 0 Å². The number of nitrogens with zero attached hydrogens (tertiary/aromatic N) is 1. The van der Waals surface area contributed by atoms with Gasteiger partial charge in [-0.05, 0) is 61.7 Å². The largest absolute Gasteiger partial charge is 0.476 e. The van der Waals surface area contributed by atoms with E-state index in [9.17, 15) is 23.1 Å². The Bertz CT molecular complexity index is 1030. The van der Waals surface area contributed by atoms with Gasteiger partial charge in [0.15, 0.2) is 11.5 Å². The minimum atomic E-state index is -4.52. The fraction of sp³-hybridized carbons (Fsp3) is 0.238. The Morgan fingerprint density at radius 3 is 2.20 bits per heavy atom. The second-order valence-corrected chi connectivity index (χ2v) is 6.56. The van der Waals surface area contributed by atoms with Gasteiger partial charge in [-0.2, -0.15) is 19.1 Å². The van der Waals surface area contributed by atoms with Crippen molar-refractivity contribution in [1.82, 2.24) is 0 Å². The zero-order chi connectivity index (χ0) is 22.6. The van der Waals surface area contributed by atoms with Crippen LogP contribution in [0.5, 0.6) is 0 Å². The Hall–Kier alpha value is -3.33. The van der Waals surface area contributed by atoms with Crippen molar-refractivity contribution in [3.63, 3.8) is 0 Å². The van der Waals surface area contributed by atoms with Crippen molar-refractivity contribution in [2.24, 2.45) is 11.1 Å². The van der Waals surface area contributed by atoms with Gasteiger partial charge < -0.3 is 14.8 Å². The molecule has 0 aliphatic rings. The van der Waals surface area contributed by atoms with Gasteiger partial charge in [0.05, 0.1) is 5.56 Å². The number of nitrogens with two attached hydrogens (primary N) is 1. The van der Waals surface area contributed by atoms with E-state index in [0.717, 1.165) is 23.3 Å². The molecule has 6 nitrogen and oxygen atoms in total. The molecule has 30 heavy (non-hydrogen) atoms. The fourth-order valence-electron chi connectivity index (χ4n) is 2.91. The number of aliphatic carboxylic acids is 1. The minimum absolute atomic E-state index is 0.0116. The van der Waals surface area contributed by atoms with Crippen molar-refractivity contribution in [2.45, 2.75) is 26.9 Å². The summed E-state index contributed by atoms with van der Waals surface area (Å²) in [6, 6.07) is 7.89. The lowest BCUT2D eigenvalue weighted by molar-refractivity contribution is -0.137. The van der Waals surface area contributed by atoms with Gasteiger partial charge in [-0.1, -0.05) is 17.3 Å². The van der Waals surface area contributed by atoms with E-state index >= 15 is 0 Å². The third kappa shape index (κ3) is 4.80. The van der Waals surface area contributed by atoms with Crippen LogP contribution in [0, 0.1) is 13.8 Å². The second-order valence-electron chi connectivity index (χ2n) is 6.56. The molecule has 0 radical (unpaired) electrons. The average Bonchev–Trinajstić information content (AvgIpc) is 2.68. The predicted molar refractivity (Wildman–Crippen MR) is 106 cm³/mol. The van der Waals surface area contributed by atoms with Crippen LogP contribution in [0.25, 0.3) is 11.3 Å². The van der Waals surface area contributed by atoms with E-state index in [-0.39, 0.29) is 28.0 Å². The van der Waals surface area contributed by atoms with Crippen molar-refractivity contribution in [3.8, 4) is 0 Å².